The topological polar surface area (TPSA) is 85.2 Å². The van der Waals surface area contributed by atoms with Crippen LogP contribution in [0.5, 0.6) is 11.5 Å². The Kier molecular flexibility index (Phi) is 5.33. The highest BCUT2D eigenvalue weighted by Gasteiger charge is 2.46. The molecule has 0 amide bonds. The molecule has 0 fully saturated rings. The average molecular weight is 385 g/mol. The van der Waals surface area contributed by atoms with E-state index in [2.05, 4.69) is 4.99 Å². The maximum absolute atomic E-state index is 13.1. The highest BCUT2D eigenvalue weighted by molar-refractivity contribution is 6.09. The van der Waals surface area contributed by atoms with E-state index < -0.39 is 17.8 Å². The van der Waals surface area contributed by atoms with Crippen LogP contribution in [0, 0.1) is 11.3 Å². The Balaban J connectivity index is 2.18. The molecule has 28 heavy (non-hydrogen) atoms. The summed E-state index contributed by atoms with van der Waals surface area (Å²) >= 11 is 0. The Hall–Kier alpha value is -2.63. The van der Waals surface area contributed by atoms with Crippen LogP contribution < -0.4 is 4.74 Å². The zero-order chi connectivity index (χ0) is 20.6. The fourth-order valence-corrected chi connectivity index (χ4v) is 4.24. The maximum atomic E-state index is 13.1. The molecule has 1 aliphatic heterocycles. The molecule has 2 atom stereocenters. The number of hydrogen-bond acceptors (Lipinski definition) is 6. The number of benzene rings is 1. The quantitative estimate of drug-likeness (QED) is 0.797. The monoisotopic (exact) mass is 385 g/mol. The lowest BCUT2D eigenvalue weighted by Gasteiger charge is -2.39. The van der Waals surface area contributed by atoms with Gasteiger partial charge in [0, 0.05) is 29.3 Å². The lowest BCUT2D eigenvalue weighted by molar-refractivity contribution is -0.146. The number of rotatable bonds is 4. The second kappa shape index (κ2) is 7.41. The predicted molar refractivity (Wildman–Crippen MR) is 106 cm³/mol. The molecular weight excluding hydrogens is 358 g/mol. The van der Waals surface area contributed by atoms with Crippen LogP contribution in [-0.2, 0) is 14.3 Å². The molecule has 1 aromatic carbocycles. The van der Waals surface area contributed by atoms with E-state index >= 15 is 0 Å². The van der Waals surface area contributed by atoms with E-state index in [9.17, 15) is 14.7 Å². The van der Waals surface area contributed by atoms with Gasteiger partial charge in [0.05, 0.1) is 13.7 Å². The molecular formula is C22H27NO5. The van der Waals surface area contributed by atoms with Crippen molar-refractivity contribution >= 4 is 17.5 Å². The molecule has 150 valence electrons. The number of esters is 1. The molecule has 1 aromatic rings. The summed E-state index contributed by atoms with van der Waals surface area (Å²) in [5.74, 6) is -1.34. The minimum absolute atomic E-state index is 0.00268. The largest absolute Gasteiger partial charge is 0.504 e. The Morgan fingerprint density at radius 1 is 1.32 bits per heavy atom. The van der Waals surface area contributed by atoms with Crippen molar-refractivity contribution in [1.29, 1.82) is 0 Å². The molecule has 0 aromatic heterocycles. The van der Waals surface area contributed by atoms with Crippen LogP contribution in [0.4, 0.5) is 0 Å². The maximum Gasteiger partial charge on any atom is 0.315 e. The Labute approximate surface area is 165 Å². The summed E-state index contributed by atoms with van der Waals surface area (Å²) in [6.45, 7) is 7.89. The van der Waals surface area contributed by atoms with Crippen LogP contribution in [0.15, 0.2) is 34.5 Å². The Morgan fingerprint density at radius 2 is 2.04 bits per heavy atom. The van der Waals surface area contributed by atoms with Crippen molar-refractivity contribution in [3.8, 4) is 11.5 Å². The van der Waals surface area contributed by atoms with Crippen molar-refractivity contribution in [2.75, 3.05) is 13.7 Å². The van der Waals surface area contributed by atoms with E-state index in [1.54, 1.807) is 32.0 Å². The van der Waals surface area contributed by atoms with Crippen molar-refractivity contribution in [3.05, 3.63) is 35.0 Å². The molecule has 1 aliphatic carbocycles. The van der Waals surface area contributed by atoms with Crippen molar-refractivity contribution in [1.82, 2.24) is 0 Å². The van der Waals surface area contributed by atoms with Gasteiger partial charge >= 0.3 is 5.97 Å². The van der Waals surface area contributed by atoms with Crippen LogP contribution >= 0.6 is 0 Å². The number of aromatic hydroxyl groups is 1. The second-order valence-corrected chi connectivity index (χ2v) is 8.19. The highest BCUT2D eigenvalue weighted by atomic mass is 16.5. The molecule has 1 heterocycles. The van der Waals surface area contributed by atoms with E-state index in [0.29, 0.717) is 35.4 Å². The van der Waals surface area contributed by atoms with E-state index in [4.69, 9.17) is 9.47 Å². The molecule has 0 saturated heterocycles. The SMILES string of the molecule is CCOC(=O)C1C(C)=NC2=C(C(=O)CC(C)(C)C2)[C@@H]1c1ccc(OC)c(O)c1. The van der Waals surface area contributed by atoms with Gasteiger partial charge in [-0.15, -0.1) is 0 Å². The number of hydrogen-bond donors (Lipinski definition) is 1. The molecule has 2 aliphatic rings. The van der Waals surface area contributed by atoms with Gasteiger partial charge in [0.1, 0.15) is 5.92 Å². The van der Waals surface area contributed by atoms with E-state index in [1.807, 2.05) is 13.8 Å². The molecule has 0 bridgehead atoms. The second-order valence-electron chi connectivity index (χ2n) is 8.19. The number of Topliss-reactive ketones (excluding diaryl/α,β-unsaturated/α-hetero) is 1. The standard InChI is InChI=1S/C22H27NO5/c1-6-28-21(26)18-12(2)23-14-10-22(3,4)11-16(25)20(14)19(18)13-7-8-17(27-5)15(24)9-13/h7-9,18-19,24H,6,10-11H2,1-5H3/t18?,19-/m1/s1. The summed E-state index contributed by atoms with van der Waals surface area (Å²) in [7, 11) is 1.47. The Bertz CT molecular complexity index is 881. The summed E-state index contributed by atoms with van der Waals surface area (Å²) in [6.07, 6.45) is 1.06. The van der Waals surface area contributed by atoms with Crippen molar-refractivity contribution in [2.45, 2.75) is 46.5 Å². The number of phenols is 1. The first-order chi connectivity index (χ1) is 13.2. The fraction of sp³-hybridized carbons (Fsp3) is 0.500. The predicted octanol–water partition coefficient (Wildman–Crippen LogP) is 3.78. The molecule has 1 unspecified atom stereocenters. The van der Waals surface area contributed by atoms with Crippen LogP contribution in [-0.4, -0.2) is 36.3 Å². The zero-order valence-corrected chi connectivity index (χ0v) is 17.0. The molecule has 1 N–H and O–H groups in total. The summed E-state index contributed by atoms with van der Waals surface area (Å²) in [6, 6.07) is 4.99. The van der Waals surface area contributed by atoms with Crippen LogP contribution in [0.25, 0.3) is 0 Å². The summed E-state index contributed by atoms with van der Waals surface area (Å²) in [5.41, 5.74) is 2.42. The third-order valence-corrected chi connectivity index (χ3v) is 5.40. The van der Waals surface area contributed by atoms with Crippen molar-refractivity contribution in [3.63, 3.8) is 0 Å². The number of phenolic OH excluding ortho intramolecular Hbond substituents is 1. The van der Waals surface area contributed by atoms with Gasteiger partial charge in [0.15, 0.2) is 17.3 Å². The van der Waals surface area contributed by atoms with Gasteiger partial charge < -0.3 is 14.6 Å². The number of nitrogens with zero attached hydrogens (tertiary/aromatic N) is 1. The van der Waals surface area contributed by atoms with Gasteiger partial charge in [-0.05, 0) is 43.4 Å². The van der Waals surface area contributed by atoms with Gasteiger partial charge in [-0.1, -0.05) is 19.9 Å². The van der Waals surface area contributed by atoms with Gasteiger partial charge in [0.2, 0.25) is 0 Å². The molecule has 6 heteroatoms. The number of methoxy groups -OCH3 is 1. The summed E-state index contributed by atoms with van der Waals surface area (Å²) in [5, 5.41) is 10.3. The van der Waals surface area contributed by atoms with Crippen molar-refractivity contribution in [2.24, 2.45) is 16.3 Å². The van der Waals surface area contributed by atoms with Crippen LogP contribution in [0.3, 0.4) is 0 Å². The molecule has 0 saturated carbocycles. The number of ketones is 1. The van der Waals surface area contributed by atoms with E-state index in [0.717, 1.165) is 5.70 Å². The number of aliphatic imine (C=N–C) groups is 1. The molecule has 6 nitrogen and oxygen atoms in total. The van der Waals surface area contributed by atoms with Gasteiger partial charge in [0.25, 0.3) is 0 Å². The lowest BCUT2D eigenvalue weighted by atomic mass is 9.67. The highest BCUT2D eigenvalue weighted by Crippen LogP contribution is 2.48. The lowest BCUT2D eigenvalue weighted by Crippen LogP contribution is -2.39. The number of ether oxygens (including phenoxy) is 2. The van der Waals surface area contributed by atoms with Gasteiger partial charge in [-0.2, -0.15) is 0 Å². The summed E-state index contributed by atoms with van der Waals surface area (Å²) < 4.78 is 10.4. The van der Waals surface area contributed by atoms with Crippen LogP contribution in [0.2, 0.25) is 0 Å². The number of allylic oxidation sites excluding steroid dienone is 2. The third-order valence-electron chi connectivity index (χ3n) is 5.40. The number of carbonyl (C=O) groups excluding carboxylic acids is 2. The smallest absolute Gasteiger partial charge is 0.315 e. The van der Waals surface area contributed by atoms with Gasteiger partial charge in [-0.25, -0.2) is 0 Å². The van der Waals surface area contributed by atoms with Crippen molar-refractivity contribution < 1.29 is 24.2 Å². The first-order valence-electron chi connectivity index (χ1n) is 9.53. The zero-order valence-electron chi connectivity index (χ0n) is 17.0. The first kappa shape index (κ1) is 20.1. The normalized spacial score (nSPS) is 23.8. The molecule has 0 spiro atoms. The third kappa shape index (κ3) is 3.55. The summed E-state index contributed by atoms with van der Waals surface area (Å²) in [4.78, 5) is 30.5. The first-order valence-corrected chi connectivity index (χ1v) is 9.53. The number of carbonyl (C=O) groups is 2. The van der Waals surface area contributed by atoms with E-state index in [1.165, 1.54) is 7.11 Å². The molecule has 0 radical (unpaired) electrons. The average Bonchev–Trinajstić information content (AvgIpc) is 2.59. The Morgan fingerprint density at radius 3 is 2.64 bits per heavy atom. The minimum atomic E-state index is -0.698. The van der Waals surface area contributed by atoms with E-state index in [-0.39, 0.29) is 23.6 Å². The fourth-order valence-electron chi connectivity index (χ4n) is 4.24. The van der Waals surface area contributed by atoms with Gasteiger partial charge in [-0.3, -0.25) is 14.6 Å². The van der Waals surface area contributed by atoms with Crippen LogP contribution in [0.1, 0.15) is 52.0 Å². The molecule has 3 rings (SSSR count). The minimum Gasteiger partial charge on any atom is -0.504 e.